The Morgan fingerprint density at radius 1 is 1.26 bits per heavy atom. The summed E-state index contributed by atoms with van der Waals surface area (Å²) < 4.78 is 27.5. The summed E-state index contributed by atoms with van der Waals surface area (Å²) in [5.41, 5.74) is 1.07. The van der Waals surface area contributed by atoms with Crippen LogP contribution in [0, 0.1) is 11.6 Å². The summed E-state index contributed by atoms with van der Waals surface area (Å²) in [7, 11) is 0. The third-order valence-electron chi connectivity index (χ3n) is 4.40. The monoisotopic (exact) mass is 374 g/mol. The van der Waals surface area contributed by atoms with Crippen molar-refractivity contribution in [2.45, 2.75) is 45.1 Å². The average Bonchev–Trinajstić information content (AvgIpc) is 2.62. The van der Waals surface area contributed by atoms with Crippen molar-refractivity contribution in [3.05, 3.63) is 52.9 Å². The van der Waals surface area contributed by atoms with Gasteiger partial charge in [0.15, 0.2) is 0 Å². The van der Waals surface area contributed by atoms with Gasteiger partial charge in [0.1, 0.15) is 17.2 Å². The van der Waals surface area contributed by atoms with Crippen molar-refractivity contribution < 1.29 is 18.4 Å². The summed E-state index contributed by atoms with van der Waals surface area (Å²) in [4.78, 5) is 32.4. The SMILES string of the molecule is CCCC(=O)Nc1ncc2c(n1)CCC(NC(=O)c1c(F)cccc1F)C2. The number of nitrogens with zero attached hydrogens (tertiary/aromatic N) is 2. The smallest absolute Gasteiger partial charge is 0.257 e. The van der Waals surface area contributed by atoms with E-state index in [-0.39, 0.29) is 17.9 Å². The maximum Gasteiger partial charge on any atom is 0.257 e. The van der Waals surface area contributed by atoms with Crippen molar-refractivity contribution in [3.63, 3.8) is 0 Å². The van der Waals surface area contributed by atoms with Gasteiger partial charge in [0.25, 0.3) is 5.91 Å². The minimum absolute atomic E-state index is 0.134. The zero-order chi connectivity index (χ0) is 19.4. The number of nitrogens with one attached hydrogen (secondary N) is 2. The first kappa shape index (κ1) is 18.9. The molecule has 1 aliphatic rings. The fourth-order valence-electron chi connectivity index (χ4n) is 3.08. The number of carbonyl (C=O) groups excluding carboxylic acids is 2. The Morgan fingerprint density at radius 2 is 2.00 bits per heavy atom. The lowest BCUT2D eigenvalue weighted by atomic mass is 9.92. The van der Waals surface area contributed by atoms with E-state index < -0.39 is 23.1 Å². The summed E-state index contributed by atoms with van der Waals surface area (Å²) in [6, 6.07) is 3.05. The molecule has 0 saturated carbocycles. The first-order valence-corrected chi connectivity index (χ1v) is 8.87. The molecule has 0 radical (unpaired) electrons. The highest BCUT2D eigenvalue weighted by Gasteiger charge is 2.25. The fraction of sp³-hybridized carbons (Fsp3) is 0.368. The molecule has 0 saturated heterocycles. The second-order valence-corrected chi connectivity index (χ2v) is 6.47. The van der Waals surface area contributed by atoms with E-state index in [1.54, 1.807) is 6.20 Å². The lowest BCUT2D eigenvalue weighted by molar-refractivity contribution is -0.116. The van der Waals surface area contributed by atoms with Crippen LogP contribution >= 0.6 is 0 Å². The number of aryl methyl sites for hydroxylation is 1. The summed E-state index contributed by atoms with van der Waals surface area (Å²) in [6.45, 7) is 1.91. The van der Waals surface area contributed by atoms with Gasteiger partial charge in [-0.05, 0) is 43.4 Å². The second-order valence-electron chi connectivity index (χ2n) is 6.47. The van der Waals surface area contributed by atoms with Crippen LogP contribution in [-0.4, -0.2) is 27.8 Å². The summed E-state index contributed by atoms with van der Waals surface area (Å²) in [6.07, 6.45) is 4.36. The molecule has 2 N–H and O–H groups in total. The molecule has 1 aromatic carbocycles. The van der Waals surface area contributed by atoms with Crippen LogP contribution in [0.25, 0.3) is 0 Å². The third kappa shape index (κ3) is 4.45. The van der Waals surface area contributed by atoms with Crippen molar-refractivity contribution in [3.8, 4) is 0 Å². The molecule has 6 nitrogen and oxygen atoms in total. The topological polar surface area (TPSA) is 84.0 Å². The number of fused-ring (bicyclic) bond motifs is 1. The number of amides is 2. The van der Waals surface area contributed by atoms with Gasteiger partial charge >= 0.3 is 0 Å². The van der Waals surface area contributed by atoms with Gasteiger partial charge in [-0.2, -0.15) is 0 Å². The lowest BCUT2D eigenvalue weighted by Crippen LogP contribution is -2.40. The Kier molecular flexibility index (Phi) is 5.73. The quantitative estimate of drug-likeness (QED) is 0.843. The number of hydrogen-bond acceptors (Lipinski definition) is 4. The van der Waals surface area contributed by atoms with E-state index in [1.807, 2.05) is 6.92 Å². The fourth-order valence-corrected chi connectivity index (χ4v) is 3.08. The minimum atomic E-state index is -0.889. The molecule has 1 aliphatic carbocycles. The molecule has 0 aliphatic heterocycles. The van der Waals surface area contributed by atoms with Gasteiger partial charge in [0.05, 0.1) is 0 Å². The van der Waals surface area contributed by atoms with Crippen LogP contribution in [0.15, 0.2) is 24.4 Å². The molecule has 1 heterocycles. The molecule has 1 atom stereocenters. The Hall–Kier alpha value is -2.90. The first-order chi connectivity index (χ1) is 13.0. The molecular weight excluding hydrogens is 354 g/mol. The number of rotatable bonds is 5. The van der Waals surface area contributed by atoms with E-state index in [1.165, 1.54) is 6.07 Å². The van der Waals surface area contributed by atoms with E-state index in [0.29, 0.717) is 25.7 Å². The zero-order valence-corrected chi connectivity index (χ0v) is 14.9. The van der Waals surface area contributed by atoms with E-state index in [9.17, 15) is 18.4 Å². The predicted octanol–water partition coefficient (Wildman–Crippen LogP) is 2.78. The normalized spacial score (nSPS) is 15.7. The van der Waals surface area contributed by atoms with E-state index in [4.69, 9.17) is 0 Å². The largest absolute Gasteiger partial charge is 0.349 e. The van der Waals surface area contributed by atoms with Crippen LogP contribution in [0.5, 0.6) is 0 Å². The van der Waals surface area contributed by atoms with Crippen LogP contribution in [0.1, 0.15) is 47.8 Å². The number of anilines is 1. The number of aromatic nitrogens is 2. The first-order valence-electron chi connectivity index (χ1n) is 8.87. The molecule has 0 bridgehead atoms. The highest BCUT2D eigenvalue weighted by atomic mass is 19.1. The lowest BCUT2D eigenvalue weighted by Gasteiger charge is -2.25. The number of carbonyl (C=O) groups is 2. The summed E-state index contributed by atoms with van der Waals surface area (Å²) in [5.74, 6) is -2.42. The van der Waals surface area contributed by atoms with E-state index in [0.717, 1.165) is 29.8 Å². The molecule has 27 heavy (non-hydrogen) atoms. The highest BCUT2D eigenvalue weighted by molar-refractivity contribution is 5.95. The number of benzene rings is 1. The van der Waals surface area contributed by atoms with Crippen molar-refractivity contribution >= 4 is 17.8 Å². The van der Waals surface area contributed by atoms with Crippen molar-refractivity contribution in [2.24, 2.45) is 0 Å². The minimum Gasteiger partial charge on any atom is -0.349 e. The van der Waals surface area contributed by atoms with Crippen LogP contribution in [0.4, 0.5) is 14.7 Å². The van der Waals surface area contributed by atoms with E-state index >= 15 is 0 Å². The predicted molar refractivity (Wildman–Crippen MR) is 95.2 cm³/mol. The zero-order valence-electron chi connectivity index (χ0n) is 14.9. The maximum atomic E-state index is 13.7. The molecule has 2 amide bonds. The summed E-state index contributed by atoms with van der Waals surface area (Å²) >= 11 is 0. The highest BCUT2D eigenvalue weighted by Crippen LogP contribution is 2.21. The molecule has 1 aromatic heterocycles. The van der Waals surface area contributed by atoms with Gasteiger partial charge < -0.3 is 5.32 Å². The van der Waals surface area contributed by atoms with Crippen LogP contribution in [0.2, 0.25) is 0 Å². The van der Waals surface area contributed by atoms with Gasteiger partial charge in [0.2, 0.25) is 11.9 Å². The van der Waals surface area contributed by atoms with Gasteiger partial charge in [-0.25, -0.2) is 18.7 Å². The van der Waals surface area contributed by atoms with Crippen LogP contribution in [0.3, 0.4) is 0 Å². The summed E-state index contributed by atoms with van der Waals surface area (Å²) in [5, 5.41) is 5.33. The Bertz CT molecular complexity index is 853. The number of hydrogen-bond donors (Lipinski definition) is 2. The van der Waals surface area contributed by atoms with Crippen molar-refractivity contribution in [1.29, 1.82) is 0 Å². The standard InChI is InChI=1S/C19H20F2N4O2/c1-2-4-16(26)25-19-22-10-11-9-12(7-8-15(11)24-19)23-18(27)17-13(20)5-3-6-14(17)21/h3,5-6,10,12H,2,4,7-9H2,1H3,(H,23,27)(H,22,24,25,26). The molecule has 1 unspecified atom stereocenters. The van der Waals surface area contributed by atoms with Gasteiger partial charge in [-0.3, -0.25) is 14.9 Å². The third-order valence-corrected chi connectivity index (χ3v) is 4.40. The Balaban J connectivity index is 1.66. The van der Waals surface area contributed by atoms with Gasteiger partial charge in [-0.15, -0.1) is 0 Å². The molecule has 142 valence electrons. The molecule has 2 aromatic rings. The van der Waals surface area contributed by atoms with Gasteiger partial charge in [-0.1, -0.05) is 13.0 Å². The van der Waals surface area contributed by atoms with Crippen molar-refractivity contribution in [2.75, 3.05) is 5.32 Å². The molecule has 0 spiro atoms. The second kappa shape index (κ2) is 8.20. The molecular formula is C19H20F2N4O2. The van der Waals surface area contributed by atoms with Crippen molar-refractivity contribution in [1.82, 2.24) is 15.3 Å². The van der Waals surface area contributed by atoms with E-state index in [2.05, 4.69) is 20.6 Å². The van der Waals surface area contributed by atoms with Gasteiger partial charge in [0, 0.05) is 24.4 Å². The van der Waals surface area contributed by atoms with Crippen LogP contribution in [-0.2, 0) is 17.6 Å². The Morgan fingerprint density at radius 3 is 2.70 bits per heavy atom. The number of halogens is 2. The maximum absolute atomic E-state index is 13.7. The molecule has 3 rings (SSSR count). The average molecular weight is 374 g/mol. The molecule has 8 heteroatoms. The van der Waals surface area contributed by atoms with Crippen LogP contribution < -0.4 is 10.6 Å². The Labute approximate surface area is 155 Å². The molecule has 0 fully saturated rings.